The molecule has 1 aromatic heterocycles. The van der Waals surface area contributed by atoms with E-state index >= 15 is 0 Å². The largest absolute Gasteiger partial charge is 0.481 e. The lowest BCUT2D eigenvalue weighted by atomic mass is 9.94. The molecule has 0 fully saturated rings. The topological polar surface area (TPSA) is 91.6 Å². The third-order valence-electron chi connectivity index (χ3n) is 6.87. The zero-order valence-electron chi connectivity index (χ0n) is 24.8. The number of halogens is 1. The van der Waals surface area contributed by atoms with Gasteiger partial charge in [-0.2, -0.15) is 0 Å². The first-order valence-electron chi connectivity index (χ1n) is 14.6. The van der Waals surface area contributed by atoms with Gasteiger partial charge in [0.2, 0.25) is 0 Å². The molecule has 0 saturated carbocycles. The standard InChI is InChI=1S/C33H35FN2O4.C2H6.CH4/c1-22(2)31-30(33(40)35-26-13-7-4-8-14-26)29(23-11-5-3-6-12-23)32(24-16-18-25(34)19-17-24)36(31)20-10-9-15-27(37)21-28(38)39;1-2;/h3-8,11-14,16-19,22,27,37H,9-10,15,20-21H2,1-2H3,(H,35,40)(H,38,39);1-2H3;1H4. The van der Waals surface area contributed by atoms with Gasteiger partial charge in [0.1, 0.15) is 5.82 Å². The van der Waals surface area contributed by atoms with E-state index in [2.05, 4.69) is 9.88 Å². The van der Waals surface area contributed by atoms with Crippen molar-refractivity contribution in [1.82, 2.24) is 4.57 Å². The minimum atomic E-state index is -1.03. The van der Waals surface area contributed by atoms with Crippen LogP contribution >= 0.6 is 0 Å². The quantitative estimate of drug-likeness (QED) is 0.144. The number of carboxylic acid groups (broad SMARTS) is 1. The highest BCUT2D eigenvalue weighted by atomic mass is 19.1. The van der Waals surface area contributed by atoms with E-state index in [-0.39, 0.29) is 31.5 Å². The molecule has 0 aliphatic rings. The number of carbonyl (C=O) groups is 2. The summed E-state index contributed by atoms with van der Waals surface area (Å²) < 4.78 is 16.1. The van der Waals surface area contributed by atoms with Gasteiger partial charge in [0.15, 0.2) is 0 Å². The minimum absolute atomic E-state index is 0. The van der Waals surface area contributed by atoms with Gasteiger partial charge in [0.05, 0.1) is 23.8 Å². The first kappa shape index (κ1) is 35.0. The summed E-state index contributed by atoms with van der Waals surface area (Å²) in [5.41, 5.74) is 5.36. The maximum Gasteiger partial charge on any atom is 0.305 e. The van der Waals surface area contributed by atoms with E-state index in [4.69, 9.17) is 5.11 Å². The number of anilines is 1. The lowest BCUT2D eigenvalue weighted by Crippen LogP contribution is -2.17. The molecule has 7 heteroatoms. The van der Waals surface area contributed by atoms with Crippen LogP contribution in [-0.2, 0) is 11.3 Å². The van der Waals surface area contributed by atoms with Crippen LogP contribution < -0.4 is 5.32 Å². The molecule has 6 nitrogen and oxygen atoms in total. The fraction of sp³-hybridized carbons (Fsp3) is 0.333. The maximum atomic E-state index is 14.0. The van der Waals surface area contributed by atoms with E-state index in [1.165, 1.54) is 12.1 Å². The lowest BCUT2D eigenvalue weighted by molar-refractivity contribution is -0.139. The summed E-state index contributed by atoms with van der Waals surface area (Å²) in [6.07, 6.45) is 0.440. The molecule has 3 N–H and O–H groups in total. The molecule has 0 radical (unpaired) electrons. The van der Waals surface area contributed by atoms with Crippen molar-refractivity contribution in [2.24, 2.45) is 0 Å². The predicted octanol–water partition coefficient (Wildman–Crippen LogP) is 9.01. The van der Waals surface area contributed by atoms with Gasteiger partial charge in [-0.15, -0.1) is 0 Å². The molecule has 4 rings (SSSR count). The zero-order chi connectivity index (χ0) is 30.6. The normalized spacial score (nSPS) is 11.2. The number of para-hydroxylation sites is 1. The Kier molecular flexibility index (Phi) is 13.8. The summed E-state index contributed by atoms with van der Waals surface area (Å²) in [6.45, 7) is 8.63. The summed E-state index contributed by atoms with van der Waals surface area (Å²) in [4.78, 5) is 25.0. The van der Waals surface area contributed by atoms with Gasteiger partial charge in [0.25, 0.3) is 5.91 Å². The van der Waals surface area contributed by atoms with E-state index in [1.54, 1.807) is 12.1 Å². The van der Waals surface area contributed by atoms with Gasteiger partial charge in [-0.1, -0.05) is 83.7 Å². The highest BCUT2D eigenvalue weighted by Crippen LogP contribution is 2.42. The van der Waals surface area contributed by atoms with Crippen LogP contribution in [0, 0.1) is 5.82 Å². The Labute approximate surface area is 255 Å². The number of rotatable bonds is 12. The number of aliphatic hydroxyl groups is 1. The Morgan fingerprint density at radius 2 is 1.44 bits per heavy atom. The highest BCUT2D eigenvalue weighted by molar-refractivity contribution is 6.12. The van der Waals surface area contributed by atoms with Crippen molar-refractivity contribution in [2.45, 2.75) is 79.4 Å². The Balaban J connectivity index is 0.00000211. The lowest BCUT2D eigenvalue weighted by Gasteiger charge is -2.18. The Morgan fingerprint density at radius 1 is 0.860 bits per heavy atom. The van der Waals surface area contributed by atoms with Crippen molar-refractivity contribution in [2.75, 3.05) is 5.32 Å². The molecule has 230 valence electrons. The second-order valence-electron chi connectivity index (χ2n) is 10.2. The van der Waals surface area contributed by atoms with Crippen molar-refractivity contribution >= 4 is 17.6 Å². The molecule has 0 bridgehead atoms. The van der Waals surface area contributed by atoms with Crippen molar-refractivity contribution in [3.05, 3.63) is 102 Å². The molecule has 43 heavy (non-hydrogen) atoms. The monoisotopic (exact) mass is 588 g/mol. The second kappa shape index (κ2) is 17.0. The Bertz CT molecular complexity index is 1430. The molecule has 0 saturated heterocycles. The van der Waals surface area contributed by atoms with E-state index in [1.807, 2.05) is 88.4 Å². The number of carboxylic acids is 1. The number of unbranched alkanes of at least 4 members (excludes halogenated alkanes) is 1. The van der Waals surface area contributed by atoms with Gasteiger partial charge < -0.3 is 20.1 Å². The van der Waals surface area contributed by atoms with Gasteiger partial charge in [0, 0.05) is 23.5 Å². The van der Waals surface area contributed by atoms with Crippen LogP contribution in [0.1, 0.15) is 82.8 Å². The number of benzene rings is 3. The van der Waals surface area contributed by atoms with Crippen molar-refractivity contribution in [3.8, 4) is 22.4 Å². The van der Waals surface area contributed by atoms with Crippen LogP contribution in [0.5, 0.6) is 0 Å². The summed E-state index contributed by atoms with van der Waals surface area (Å²) >= 11 is 0. The summed E-state index contributed by atoms with van der Waals surface area (Å²) in [5.74, 6) is -1.62. The minimum Gasteiger partial charge on any atom is -0.481 e. The van der Waals surface area contributed by atoms with Crippen LogP contribution in [0.15, 0.2) is 84.9 Å². The fourth-order valence-electron chi connectivity index (χ4n) is 5.16. The number of amides is 1. The molecular weight excluding hydrogens is 543 g/mol. The van der Waals surface area contributed by atoms with E-state index < -0.39 is 12.1 Å². The number of aliphatic carboxylic acids is 1. The van der Waals surface area contributed by atoms with Gasteiger partial charge >= 0.3 is 5.97 Å². The highest BCUT2D eigenvalue weighted by Gasteiger charge is 2.30. The summed E-state index contributed by atoms with van der Waals surface area (Å²) in [7, 11) is 0. The van der Waals surface area contributed by atoms with Crippen LogP contribution in [0.4, 0.5) is 10.1 Å². The molecule has 0 aliphatic carbocycles. The van der Waals surface area contributed by atoms with Gasteiger partial charge in [-0.05, 0) is 72.7 Å². The van der Waals surface area contributed by atoms with E-state index in [0.717, 1.165) is 28.1 Å². The second-order valence-corrected chi connectivity index (χ2v) is 10.2. The molecule has 1 atom stereocenters. The molecule has 0 aliphatic heterocycles. The van der Waals surface area contributed by atoms with Crippen LogP contribution in [-0.4, -0.2) is 32.8 Å². The van der Waals surface area contributed by atoms with Crippen LogP contribution in [0.3, 0.4) is 0 Å². The summed E-state index contributed by atoms with van der Waals surface area (Å²) in [6, 6.07) is 25.3. The Hall–Kier alpha value is -4.23. The molecule has 1 unspecified atom stereocenters. The molecule has 0 spiro atoms. The number of aliphatic hydroxyl groups excluding tert-OH is 1. The molecule has 1 heterocycles. The number of hydrogen-bond donors (Lipinski definition) is 3. The smallest absolute Gasteiger partial charge is 0.305 e. The first-order chi connectivity index (χ1) is 20.3. The van der Waals surface area contributed by atoms with Crippen LogP contribution in [0.25, 0.3) is 22.4 Å². The fourth-order valence-corrected chi connectivity index (χ4v) is 5.16. The maximum absolute atomic E-state index is 14.0. The average molecular weight is 589 g/mol. The van der Waals surface area contributed by atoms with Crippen molar-refractivity contribution in [3.63, 3.8) is 0 Å². The predicted molar refractivity (Wildman–Crippen MR) is 174 cm³/mol. The molecule has 1 amide bonds. The van der Waals surface area contributed by atoms with Gasteiger partial charge in [-0.25, -0.2) is 4.39 Å². The number of aromatic nitrogens is 1. The molecular formula is C36H45FN2O4. The summed E-state index contributed by atoms with van der Waals surface area (Å²) in [5, 5.41) is 22.1. The number of nitrogens with one attached hydrogen (secondary N) is 1. The Morgan fingerprint density at radius 3 is 2.00 bits per heavy atom. The number of nitrogens with zero attached hydrogens (tertiary/aromatic N) is 1. The third kappa shape index (κ3) is 9.13. The number of carbonyl (C=O) groups excluding carboxylic acids is 1. The van der Waals surface area contributed by atoms with E-state index in [9.17, 15) is 19.1 Å². The zero-order valence-corrected chi connectivity index (χ0v) is 24.8. The third-order valence-corrected chi connectivity index (χ3v) is 6.87. The average Bonchev–Trinajstić information content (AvgIpc) is 3.33. The van der Waals surface area contributed by atoms with E-state index in [0.29, 0.717) is 37.1 Å². The van der Waals surface area contributed by atoms with Crippen molar-refractivity contribution in [1.29, 1.82) is 0 Å². The van der Waals surface area contributed by atoms with Gasteiger partial charge in [-0.3, -0.25) is 9.59 Å². The molecule has 4 aromatic rings. The molecule has 3 aromatic carbocycles. The SMILES string of the molecule is C.CC.CC(C)c1c(C(=O)Nc2ccccc2)c(-c2ccccc2)c(-c2ccc(F)cc2)n1CCCCC(O)CC(=O)O. The van der Waals surface area contributed by atoms with Crippen LogP contribution in [0.2, 0.25) is 0 Å². The first-order valence-corrected chi connectivity index (χ1v) is 14.6. The van der Waals surface area contributed by atoms with Crippen molar-refractivity contribution < 1.29 is 24.2 Å². The number of hydrogen-bond acceptors (Lipinski definition) is 3.